The number of hydrogen-bond donors (Lipinski definition) is 1. The van der Waals surface area contributed by atoms with Crippen molar-refractivity contribution in [3.63, 3.8) is 0 Å². The summed E-state index contributed by atoms with van der Waals surface area (Å²) in [6, 6.07) is 7.46. The Kier molecular flexibility index (Phi) is 3.45. The minimum Gasteiger partial charge on any atom is -0.478 e. The summed E-state index contributed by atoms with van der Waals surface area (Å²) >= 11 is 0. The van der Waals surface area contributed by atoms with Crippen LogP contribution in [-0.4, -0.2) is 32.4 Å². The van der Waals surface area contributed by atoms with E-state index in [0.717, 1.165) is 41.7 Å². The van der Waals surface area contributed by atoms with Crippen LogP contribution in [0.25, 0.3) is 11.0 Å². The number of rotatable bonds is 2. The van der Waals surface area contributed by atoms with Gasteiger partial charge < -0.3 is 10.0 Å². The molecule has 0 bridgehead atoms. The van der Waals surface area contributed by atoms with E-state index in [2.05, 4.69) is 15.0 Å². The Bertz CT molecular complexity index is 932. The van der Waals surface area contributed by atoms with Crippen LogP contribution >= 0.6 is 0 Å². The maximum atomic E-state index is 11.3. The fraction of sp³-hybridized carbons (Fsp3) is 0.278. The summed E-state index contributed by atoms with van der Waals surface area (Å²) in [5.41, 5.74) is 4.62. The van der Waals surface area contributed by atoms with Crippen LogP contribution in [0.2, 0.25) is 0 Å². The quantitative estimate of drug-likeness (QED) is 0.785. The second-order valence-electron chi connectivity index (χ2n) is 6.15. The maximum absolute atomic E-state index is 11.3. The van der Waals surface area contributed by atoms with Crippen LogP contribution < -0.4 is 4.90 Å². The maximum Gasteiger partial charge on any atom is 0.335 e. The first-order valence-corrected chi connectivity index (χ1v) is 8.00. The molecule has 0 saturated carbocycles. The van der Waals surface area contributed by atoms with Gasteiger partial charge in [-0.1, -0.05) is 6.07 Å². The number of pyridine rings is 1. The lowest BCUT2D eigenvalue weighted by molar-refractivity contribution is 0.0696. The summed E-state index contributed by atoms with van der Waals surface area (Å²) < 4.78 is 1.77. The van der Waals surface area contributed by atoms with Gasteiger partial charge in [0.05, 0.1) is 22.8 Å². The van der Waals surface area contributed by atoms with Crippen molar-refractivity contribution in [1.82, 2.24) is 14.8 Å². The first-order chi connectivity index (χ1) is 11.6. The molecule has 0 saturated heterocycles. The van der Waals surface area contributed by atoms with Crippen molar-refractivity contribution in [1.29, 1.82) is 0 Å². The molecule has 6 nitrogen and oxygen atoms in total. The van der Waals surface area contributed by atoms with Crippen LogP contribution in [0.15, 0.2) is 36.7 Å². The van der Waals surface area contributed by atoms with Crippen LogP contribution in [0.1, 0.15) is 27.9 Å². The van der Waals surface area contributed by atoms with E-state index in [1.54, 1.807) is 23.0 Å². The third-order valence-corrected chi connectivity index (χ3v) is 4.64. The fourth-order valence-electron chi connectivity index (χ4n) is 3.41. The van der Waals surface area contributed by atoms with E-state index in [1.807, 2.05) is 25.4 Å². The molecule has 6 heteroatoms. The number of fused-ring (bicyclic) bond motifs is 2. The summed E-state index contributed by atoms with van der Waals surface area (Å²) in [5, 5.41) is 14.6. The lowest BCUT2D eigenvalue weighted by Gasteiger charge is -2.24. The number of hydrogen-bond acceptors (Lipinski definition) is 4. The van der Waals surface area contributed by atoms with E-state index in [-0.39, 0.29) is 0 Å². The highest BCUT2D eigenvalue weighted by Crippen LogP contribution is 2.29. The first kappa shape index (κ1) is 14.7. The Morgan fingerprint density at radius 3 is 2.96 bits per heavy atom. The van der Waals surface area contributed by atoms with Crippen molar-refractivity contribution < 1.29 is 9.90 Å². The van der Waals surface area contributed by atoms with Gasteiger partial charge in [0.2, 0.25) is 0 Å². The number of benzene rings is 1. The molecule has 1 aliphatic rings. The van der Waals surface area contributed by atoms with Crippen LogP contribution in [0.4, 0.5) is 5.69 Å². The molecule has 2 aromatic heterocycles. The molecule has 1 aromatic carbocycles. The van der Waals surface area contributed by atoms with Gasteiger partial charge >= 0.3 is 5.97 Å². The molecule has 1 N–H and O–H groups in total. The fourth-order valence-corrected chi connectivity index (χ4v) is 3.41. The second kappa shape index (κ2) is 5.63. The Balaban J connectivity index is 1.77. The van der Waals surface area contributed by atoms with E-state index in [1.165, 1.54) is 5.56 Å². The van der Waals surface area contributed by atoms with Crippen molar-refractivity contribution in [2.24, 2.45) is 7.05 Å². The Labute approximate surface area is 139 Å². The van der Waals surface area contributed by atoms with Gasteiger partial charge in [-0.2, -0.15) is 5.10 Å². The number of anilines is 1. The average molecular weight is 322 g/mol. The number of aromatic nitrogens is 3. The van der Waals surface area contributed by atoms with Crippen molar-refractivity contribution >= 4 is 22.7 Å². The predicted octanol–water partition coefficient (Wildman–Crippen LogP) is 2.62. The third kappa shape index (κ3) is 2.40. The van der Waals surface area contributed by atoms with Gasteiger partial charge in [0.25, 0.3) is 0 Å². The molecular formula is C18H18N4O2. The molecule has 122 valence electrons. The Hall–Kier alpha value is -2.89. The van der Waals surface area contributed by atoms with Crippen LogP contribution in [0, 0.1) is 0 Å². The second-order valence-corrected chi connectivity index (χ2v) is 6.15. The third-order valence-electron chi connectivity index (χ3n) is 4.64. The van der Waals surface area contributed by atoms with Crippen molar-refractivity contribution in [3.8, 4) is 0 Å². The highest BCUT2D eigenvalue weighted by molar-refractivity contribution is 5.89. The number of carboxylic acid groups (broad SMARTS) is 1. The van der Waals surface area contributed by atoms with Gasteiger partial charge in [0.1, 0.15) is 0 Å². The van der Waals surface area contributed by atoms with E-state index < -0.39 is 5.97 Å². The number of carboxylic acids is 1. The zero-order valence-corrected chi connectivity index (χ0v) is 13.4. The topological polar surface area (TPSA) is 71.2 Å². The molecule has 0 radical (unpaired) electrons. The van der Waals surface area contributed by atoms with Crippen LogP contribution in [-0.2, 0) is 20.0 Å². The monoisotopic (exact) mass is 322 g/mol. The average Bonchev–Trinajstić information content (AvgIpc) is 2.84. The summed E-state index contributed by atoms with van der Waals surface area (Å²) in [6.07, 6.45) is 5.65. The highest BCUT2D eigenvalue weighted by Gasteiger charge is 2.19. The largest absolute Gasteiger partial charge is 0.478 e. The summed E-state index contributed by atoms with van der Waals surface area (Å²) in [6.45, 7) is 1.62. The predicted molar refractivity (Wildman–Crippen MR) is 91.3 cm³/mol. The van der Waals surface area contributed by atoms with Crippen LogP contribution in [0.5, 0.6) is 0 Å². The standard InChI is InChI=1S/C18H18N4O2/c1-21-17-15(10-20-21)16(6-7-19-17)22-8-2-3-12-4-5-13(18(23)24)9-14(12)11-22/h4-7,9-10H,2-3,8,11H2,1H3,(H,23,24). The zero-order chi connectivity index (χ0) is 16.7. The molecule has 4 rings (SSSR count). The smallest absolute Gasteiger partial charge is 0.335 e. The summed E-state index contributed by atoms with van der Waals surface area (Å²) in [5.74, 6) is -0.882. The molecule has 0 unspecified atom stereocenters. The molecule has 1 aliphatic heterocycles. The van der Waals surface area contributed by atoms with E-state index in [9.17, 15) is 9.90 Å². The highest BCUT2D eigenvalue weighted by atomic mass is 16.4. The van der Waals surface area contributed by atoms with Gasteiger partial charge in [-0.3, -0.25) is 4.68 Å². The lowest BCUT2D eigenvalue weighted by atomic mass is 10.0. The van der Waals surface area contributed by atoms with Crippen molar-refractivity contribution in [2.45, 2.75) is 19.4 Å². The van der Waals surface area contributed by atoms with E-state index in [4.69, 9.17) is 0 Å². The van der Waals surface area contributed by atoms with Crippen molar-refractivity contribution in [3.05, 3.63) is 53.3 Å². The summed E-state index contributed by atoms with van der Waals surface area (Å²) in [4.78, 5) is 18.0. The number of aryl methyl sites for hydroxylation is 2. The Morgan fingerprint density at radius 1 is 1.25 bits per heavy atom. The normalized spacial score (nSPS) is 14.5. The number of nitrogens with zero attached hydrogens (tertiary/aromatic N) is 4. The number of carbonyl (C=O) groups is 1. The summed E-state index contributed by atoms with van der Waals surface area (Å²) in [7, 11) is 1.88. The SMILES string of the molecule is Cn1ncc2c(N3CCCc4ccc(C(=O)O)cc4C3)ccnc21. The molecule has 0 fully saturated rings. The van der Waals surface area contributed by atoms with E-state index in [0.29, 0.717) is 12.1 Å². The molecule has 24 heavy (non-hydrogen) atoms. The van der Waals surface area contributed by atoms with Crippen LogP contribution in [0.3, 0.4) is 0 Å². The van der Waals surface area contributed by atoms with Gasteiger partial charge in [-0.25, -0.2) is 9.78 Å². The molecule has 0 spiro atoms. The Morgan fingerprint density at radius 2 is 2.12 bits per heavy atom. The van der Waals surface area contributed by atoms with Gasteiger partial charge in [0, 0.05) is 26.3 Å². The van der Waals surface area contributed by atoms with Gasteiger partial charge in [0.15, 0.2) is 5.65 Å². The zero-order valence-electron chi connectivity index (χ0n) is 13.4. The molecule has 0 aliphatic carbocycles. The first-order valence-electron chi connectivity index (χ1n) is 8.00. The lowest BCUT2D eigenvalue weighted by Crippen LogP contribution is -2.22. The minimum atomic E-state index is -0.882. The molecule has 3 aromatic rings. The minimum absolute atomic E-state index is 0.344. The molecule has 0 amide bonds. The molecular weight excluding hydrogens is 304 g/mol. The van der Waals surface area contributed by atoms with E-state index >= 15 is 0 Å². The number of aromatic carboxylic acids is 1. The molecule has 0 atom stereocenters. The van der Waals surface area contributed by atoms with Crippen molar-refractivity contribution in [2.75, 3.05) is 11.4 Å². The molecule has 3 heterocycles. The van der Waals surface area contributed by atoms with Gasteiger partial charge in [-0.15, -0.1) is 0 Å². The van der Waals surface area contributed by atoms with Gasteiger partial charge in [-0.05, 0) is 42.2 Å².